The van der Waals surface area contributed by atoms with E-state index in [4.69, 9.17) is 0 Å². The summed E-state index contributed by atoms with van der Waals surface area (Å²) in [5.74, 6) is 0.121. The van der Waals surface area contributed by atoms with Crippen LogP contribution in [-0.2, 0) is 4.79 Å². The maximum absolute atomic E-state index is 11.5. The lowest BCUT2D eigenvalue weighted by Gasteiger charge is -2.39. The van der Waals surface area contributed by atoms with Gasteiger partial charge in [0.1, 0.15) is 0 Å². The van der Waals surface area contributed by atoms with Crippen LogP contribution in [0.2, 0.25) is 0 Å². The van der Waals surface area contributed by atoms with E-state index in [0.29, 0.717) is 6.04 Å². The summed E-state index contributed by atoms with van der Waals surface area (Å²) >= 11 is 0. The topological polar surface area (TPSA) is 23.6 Å². The normalized spacial score (nSPS) is 15.2. The third kappa shape index (κ3) is 1.77. The number of rotatable bonds is 1. The second-order valence-electron chi connectivity index (χ2n) is 4.45. The molecule has 0 N–H and O–H groups in total. The zero-order valence-electron chi connectivity index (χ0n) is 10.1. The molecule has 1 aromatic carbocycles. The number of amides is 1. The van der Waals surface area contributed by atoms with E-state index in [1.807, 2.05) is 23.1 Å². The summed E-state index contributed by atoms with van der Waals surface area (Å²) in [6, 6.07) is 8.59. The van der Waals surface area contributed by atoms with Crippen LogP contribution in [0, 0.1) is 0 Å². The zero-order valence-corrected chi connectivity index (χ0v) is 10.1. The van der Waals surface area contributed by atoms with Gasteiger partial charge in [-0.25, -0.2) is 0 Å². The zero-order chi connectivity index (χ0) is 11.7. The first kappa shape index (κ1) is 11.0. The molecule has 86 valence electrons. The van der Waals surface area contributed by atoms with Crippen molar-refractivity contribution in [2.24, 2.45) is 0 Å². The highest BCUT2D eigenvalue weighted by Gasteiger charge is 2.25. The van der Waals surface area contributed by atoms with Gasteiger partial charge in [-0.1, -0.05) is 12.1 Å². The lowest BCUT2D eigenvalue weighted by Crippen LogP contribution is -2.45. The SMILES string of the molecule is CC(=O)N1CCN(C(C)C)c2ccccc21. The van der Waals surface area contributed by atoms with Crippen LogP contribution in [0.5, 0.6) is 0 Å². The van der Waals surface area contributed by atoms with Crippen molar-refractivity contribution in [2.45, 2.75) is 26.8 Å². The molecule has 0 atom stereocenters. The Morgan fingerprint density at radius 2 is 1.81 bits per heavy atom. The molecule has 0 saturated carbocycles. The summed E-state index contributed by atoms with van der Waals surface area (Å²) in [7, 11) is 0. The second kappa shape index (κ2) is 4.16. The third-order valence-corrected chi connectivity index (χ3v) is 3.05. The molecule has 0 aromatic heterocycles. The molecular weight excluding hydrogens is 200 g/mol. The van der Waals surface area contributed by atoms with Gasteiger partial charge in [0.25, 0.3) is 0 Å². The minimum atomic E-state index is 0.121. The Labute approximate surface area is 96.7 Å². The lowest BCUT2D eigenvalue weighted by molar-refractivity contribution is -0.116. The minimum Gasteiger partial charge on any atom is -0.366 e. The number of carbonyl (C=O) groups excluding carboxylic acids is 1. The summed E-state index contributed by atoms with van der Waals surface area (Å²) < 4.78 is 0. The van der Waals surface area contributed by atoms with Gasteiger partial charge in [0, 0.05) is 26.1 Å². The molecule has 0 saturated heterocycles. The van der Waals surface area contributed by atoms with Crippen LogP contribution in [-0.4, -0.2) is 25.0 Å². The Bertz CT molecular complexity index is 401. The number of anilines is 2. The van der Waals surface area contributed by atoms with Crippen LogP contribution in [0.15, 0.2) is 24.3 Å². The van der Waals surface area contributed by atoms with Gasteiger partial charge in [-0.2, -0.15) is 0 Å². The predicted octanol–water partition coefficient (Wildman–Crippen LogP) is 2.27. The lowest BCUT2D eigenvalue weighted by atomic mass is 10.1. The van der Waals surface area contributed by atoms with Crippen molar-refractivity contribution in [1.29, 1.82) is 0 Å². The second-order valence-corrected chi connectivity index (χ2v) is 4.45. The number of hydrogen-bond donors (Lipinski definition) is 0. The highest BCUT2D eigenvalue weighted by molar-refractivity contribution is 5.96. The quantitative estimate of drug-likeness (QED) is 0.722. The molecule has 3 heteroatoms. The first-order valence-corrected chi connectivity index (χ1v) is 5.75. The van der Waals surface area contributed by atoms with Gasteiger partial charge in [0.05, 0.1) is 11.4 Å². The number of carbonyl (C=O) groups is 1. The van der Waals surface area contributed by atoms with Crippen molar-refractivity contribution < 1.29 is 4.79 Å². The number of hydrogen-bond acceptors (Lipinski definition) is 2. The molecule has 16 heavy (non-hydrogen) atoms. The Hall–Kier alpha value is -1.51. The standard InChI is InChI=1S/C13H18N2O/c1-10(2)14-8-9-15(11(3)16)13-7-5-4-6-12(13)14/h4-7,10H,8-9H2,1-3H3. The summed E-state index contributed by atoms with van der Waals surface area (Å²) in [6.45, 7) is 7.68. The maximum Gasteiger partial charge on any atom is 0.223 e. The van der Waals surface area contributed by atoms with E-state index in [1.165, 1.54) is 5.69 Å². The fourth-order valence-electron chi connectivity index (χ4n) is 2.25. The van der Waals surface area contributed by atoms with E-state index in [0.717, 1.165) is 18.8 Å². The van der Waals surface area contributed by atoms with Crippen LogP contribution in [0.1, 0.15) is 20.8 Å². The molecule has 1 aliphatic heterocycles. The Morgan fingerprint density at radius 1 is 1.19 bits per heavy atom. The van der Waals surface area contributed by atoms with Gasteiger partial charge < -0.3 is 9.80 Å². The van der Waals surface area contributed by atoms with Crippen molar-refractivity contribution >= 4 is 17.3 Å². The highest BCUT2D eigenvalue weighted by atomic mass is 16.2. The summed E-state index contributed by atoms with van der Waals surface area (Å²) in [4.78, 5) is 15.7. The molecule has 1 aromatic rings. The van der Waals surface area contributed by atoms with E-state index in [9.17, 15) is 4.79 Å². The predicted molar refractivity (Wildman–Crippen MR) is 67.0 cm³/mol. The van der Waals surface area contributed by atoms with Crippen LogP contribution < -0.4 is 9.80 Å². The van der Waals surface area contributed by atoms with Crippen molar-refractivity contribution in [1.82, 2.24) is 0 Å². The molecule has 0 aliphatic carbocycles. The molecule has 0 radical (unpaired) electrons. The highest BCUT2D eigenvalue weighted by Crippen LogP contribution is 2.33. The van der Waals surface area contributed by atoms with E-state index in [-0.39, 0.29) is 5.91 Å². The average molecular weight is 218 g/mol. The van der Waals surface area contributed by atoms with E-state index >= 15 is 0 Å². The van der Waals surface area contributed by atoms with Crippen LogP contribution in [0.25, 0.3) is 0 Å². The number of nitrogens with zero attached hydrogens (tertiary/aromatic N) is 2. The summed E-state index contributed by atoms with van der Waals surface area (Å²) in [5, 5.41) is 0. The molecule has 0 fully saturated rings. The fourth-order valence-corrected chi connectivity index (χ4v) is 2.25. The molecular formula is C13H18N2O. The first-order valence-electron chi connectivity index (χ1n) is 5.75. The molecule has 0 bridgehead atoms. The van der Waals surface area contributed by atoms with Crippen LogP contribution >= 0.6 is 0 Å². The molecule has 0 spiro atoms. The van der Waals surface area contributed by atoms with Crippen LogP contribution in [0.3, 0.4) is 0 Å². The molecule has 3 nitrogen and oxygen atoms in total. The van der Waals surface area contributed by atoms with E-state index in [1.54, 1.807) is 6.92 Å². The maximum atomic E-state index is 11.5. The van der Waals surface area contributed by atoms with Crippen molar-refractivity contribution in [2.75, 3.05) is 22.9 Å². The largest absolute Gasteiger partial charge is 0.366 e. The summed E-state index contributed by atoms with van der Waals surface area (Å²) in [5.41, 5.74) is 2.20. The van der Waals surface area contributed by atoms with Gasteiger partial charge in [0.15, 0.2) is 0 Å². The molecule has 1 heterocycles. The minimum absolute atomic E-state index is 0.121. The average Bonchev–Trinajstić information content (AvgIpc) is 2.27. The smallest absolute Gasteiger partial charge is 0.223 e. The van der Waals surface area contributed by atoms with Gasteiger partial charge in [-0.15, -0.1) is 0 Å². The van der Waals surface area contributed by atoms with Gasteiger partial charge in [-0.3, -0.25) is 4.79 Å². The van der Waals surface area contributed by atoms with Crippen molar-refractivity contribution in [3.05, 3.63) is 24.3 Å². The Balaban J connectivity index is 2.44. The van der Waals surface area contributed by atoms with Crippen molar-refractivity contribution in [3.8, 4) is 0 Å². The van der Waals surface area contributed by atoms with Crippen LogP contribution in [0.4, 0.5) is 11.4 Å². The molecule has 2 rings (SSSR count). The Kier molecular flexibility index (Phi) is 2.86. The van der Waals surface area contributed by atoms with Gasteiger partial charge in [0.2, 0.25) is 5.91 Å². The number of benzene rings is 1. The first-order chi connectivity index (χ1) is 7.61. The fraction of sp³-hybridized carbons (Fsp3) is 0.462. The number of para-hydroxylation sites is 2. The Morgan fingerprint density at radius 3 is 2.38 bits per heavy atom. The third-order valence-electron chi connectivity index (χ3n) is 3.05. The van der Waals surface area contributed by atoms with E-state index in [2.05, 4.69) is 24.8 Å². The molecule has 1 aliphatic rings. The van der Waals surface area contributed by atoms with E-state index < -0.39 is 0 Å². The summed E-state index contributed by atoms with van der Waals surface area (Å²) in [6.07, 6.45) is 0. The van der Waals surface area contributed by atoms with Gasteiger partial charge >= 0.3 is 0 Å². The van der Waals surface area contributed by atoms with Gasteiger partial charge in [-0.05, 0) is 26.0 Å². The molecule has 1 amide bonds. The van der Waals surface area contributed by atoms with Crippen molar-refractivity contribution in [3.63, 3.8) is 0 Å². The number of fused-ring (bicyclic) bond motifs is 1. The molecule has 0 unspecified atom stereocenters. The monoisotopic (exact) mass is 218 g/mol.